The number of nitrogens with zero attached hydrogens (tertiary/aromatic N) is 1. The zero-order chi connectivity index (χ0) is 21.9. The minimum absolute atomic E-state index is 0.0638. The van der Waals surface area contributed by atoms with Crippen molar-refractivity contribution in [3.8, 4) is 16.3 Å². The van der Waals surface area contributed by atoms with E-state index in [2.05, 4.69) is 10.3 Å². The Kier molecular flexibility index (Phi) is 8.93. The van der Waals surface area contributed by atoms with Gasteiger partial charge in [-0.15, -0.1) is 11.3 Å². The summed E-state index contributed by atoms with van der Waals surface area (Å²) in [6, 6.07) is 18.2. The molecule has 2 aromatic carbocycles. The Morgan fingerprint density at radius 3 is 2.52 bits per heavy atom. The van der Waals surface area contributed by atoms with Gasteiger partial charge in [0.15, 0.2) is 6.61 Å². The third kappa shape index (κ3) is 7.41. The number of hydrogen-bond donors (Lipinski definition) is 1. The number of para-hydroxylation sites is 1. The first-order valence-corrected chi connectivity index (χ1v) is 12.1. The van der Waals surface area contributed by atoms with Crippen LogP contribution in [0.25, 0.3) is 10.6 Å². The molecular weight excluding hydrogens is 432 g/mol. The number of amides is 1. The monoisotopic (exact) mass is 456 g/mol. The van der Waals surface area contributed by atoms with Crippen molar-refractivity contribution in [1.29, 1.82) is 0 Å². The molecule has 0 spiro atoms. The molecule has 0 bridgehead atoms. The van der Waals surface area contributed by atoms with Crippen LogP contribution in [-0.2, 0) is 20.9 Å². The fraction of sp³-hybridized carbons (Fsp3) is 0.261. The Morgan fingerprint density at radius 1 is 1.10 bits per heavy atom. The van der Waals surface area contributed by atoms with Gasteiger partial charge in [-0.2, -0.15) is 11.8 Å². The molecule has 3 rings (SSSR count). The van der Waals surface area contributed by atoms with Crippen molar-refractivity contribution in [2.24, 2.45) is 0 Å². The molecule has 8 heteroatoms. The summed E-state index contributed by atoms with van der Waals surface area (Å²) < 4.78 is 10.9. The van der Waals surface area contributed by atoms with E-state index in [1.165, 1.54) is 11.3 Å². The second kappa shape index (κ2) is 12.1. The van der Waals surface area contributed by atoms with Gasteiger partial charge in [0, 0.05) is 10.9 Å². The SMILES string of the molecule is CSCC[C@@H](NC(=O)COc1ccccc1)C(=O)OCc1csc(-c2ccccc2)n1. The summed E-state index contributed by atoms with van der Waals surface area (Å²) in [6.07, 6.45) is 2.42. The van der Waals surface area contributed by atoms with Crippen LogP contribution < -0.4 is 10.1 Å². The first kappa shape index (κ1) is 22.8. The first-order chi connectivity index (χ1) is 15.2. The highest BCUT2D eigenvalue weighted by Gasteiger charge is 2.22. The van der Waals surface area contributed by atoms with E-state index in [4.69, 9.17) is 9.47 Å². The number of thioether (sulfide) groups is 1. The highest BCUT2D eigenvalue weighted by molar-refractivity contribution is 7.98. The summed E-state index contributed by atoms with van der Waals surface area (Å²) in [5.41, 5.74) is 1.70. The number of carbonyl (C=O) groups excluding carboxylic acids is 2. The van der Waals surface area contributed by atoms with Crippen LogP contribution in [0, 0.1) is 0 Å². The molecule has 6 nitrogen and oxygen atoms in total. The standard InChI is InChI=1S/C23H24N2O4S2/c1-30-13-12-20(25-21(26)15-28-19-10-6-3-7-11-19)23(27)29-14-18-16-31-22(24-18)17-8-4-2-5-9-17/h2-11,16,20H,12-15H2,1H3,(H,25,26)/t20-/m1/s1. The molecule has 1 atom stereocenters. The second-order valence-corrected chi connectivity index (χ2v) is 8.46. The normalized spacial score (nSPS) is 11.5. The number of thiazole rings is 1. The summed E-state index contributed by atoms with van der Waals surface area (Å²) in [7, 11) is 0. The molecule has 0 radical (unpaired) electrons. The Morgan fingerprint density at radius 2 is 1.81 bits per heavy atom. The molecule has 0 saturated heterocycles. The molecule has 0 aliphatic carbocycles. The molecule has 1 N–H and O–H groups in total. The van der Waals surface area contributed by atoms with Gasteiger partial charge in [0.1, 0.15) is 23.4 Å². The highest BCUT2D eigenvalue weighted by atomic mass is 32.2. The summed E-state index contributed by atoms with van der Waals surface area (Å²) in [5.74, 6) is 0.469. The maximum absolute atomic E-state index is 12.6. The van der Waals surface area contributed by atoms with Crippen molar-refractivity contribution < 1.29 is 19.1 Å². The van der Waals surface area contributed by atoms with Gasteiger partial charge in [-0.25, -0.2) is 9.78 Å². The topological polar surface area (TPSA) is 77.5 Å². The van der Waals surface area contributed by atoms with Crippen LogP contribution in [0.2, 0.25) is 0 Å². The molecule has 0 fully saturated rings. The van der Waals surface area contributed by atoms with E-state index in [9.17, 15) is 9.59 Å². The average molecular weight is 457 g/mol. The fourth-order valence-corrected chi connectivity index (χ4v) is 4.00. The molecule has 1 amide bonds. The Labute approximate surface area is 190 Å². The molecule has 0 unspecified atom stereocenters. The van der Waals surface area contributed by atoms with E-state index in [-0.39, 0.29) is 19.1 Å². The van der Waals surface area contributed by atoms with Crippen LogP contribution in [0.3, 0.4) is 0 Å². The van der Waals surface area contributed by atoms with E-state index in [0.717, 1.165) is 10.6 Å². The van der Waals surface area contributed by atoms with Gasteiger partial charge in [0.05, 0.1) is 5.69 Å². The fourth-order valence-electron chi connectivity index (χ4n) is 2.72. The average Bonchev–Trinajstić information content (AvgIpc) is 3.29. The van der Waals surface area contributed by atoms with Gasteiger partial charge in [0.2, 0.25) is 0 Å². The summed E-state index contributed by atoms with van der Waals surface area (Å²) in [6.45, 7) is -0.103. The number of carbonyl (C=O) groups is 2. The van der Waals surface area contributed by atoms with Crippen LogP contribution in [-0.4, -0.2) is 41.5 Å². The predicted molar refractivity (Wildman–Crippen MR) is 124 cm³/mol. The zero-order valence-electron chi connectivity index (χ0n) is 17.2. The van der Waals surface area contributed by atoms with Crippen LogP contribution in [0.15, 0.2) is 66.0 Å². The van der Waals surface area contributed by atoms with Crippen LogP contribution >= 0.6 is 23.1 Å². The number of hydrogen-bond acceptors (Lipinski definition) is 7. The lowest BCUT2D eigenvalue weighted by Crippen LogP contribution is -2.44. The van der Waals surface area contributed by atoms with Crippen molar-refractivity contribution in [3.05, 3.63) is 71.7 Å². The van der Waals surface area contributed by atoms with Crippen LogP contribution in [0.4, 0.5) is 0 Å². The summed E-state index contributed by atoms with van der Waals surface area (Å²) in [4.78, 5) is 29.4. The molecule has 162 valence electrons. The maximum Gasteiger partial charge on any atom is 0.329 e. The van der Waals surface area contributed by atoms with Gasteiger partial charge >= 0.3 is 5.97 Å². The summed E-state index contributed by atoms with van der Waals surface area (Å²) >= 11 is 3.10. The van der Waals surface area contributed by atoms with E-state index in [1.807, 2.05) is 60.2 Å². The largest absolute Gasteiger partial charge is 0.484 e. The smallest absolute Gasteiger partial charge is 0.329 e. The lowest BCUT2D eigenvalue weighted by atomic mass is 10.2. The van der Waals surface area contributed by atoms with E-state index in [1.54, 1.807) is 23.9 Å². The molecule has 0 aliphatic heterocycles. The van der Waals surface area contributed by atoms with E-state index in [0.29, 0.717) is 23.6 Å². The van der Waals surface area contributed by atoms with E-state index >= 15 is 0 Å². The number of rotatable bonds is 11. The minimum Gasteiger partial charge on any atom is -0.484 e. The number of nitrogens with one attached hydrogen (secondary N) is 1. The number of benzene rings is 2. The molecule has 1 heterocycles. The molecule has 31 heavy (non-hydrogen) atoms. The van der Waals surface area contributed by atoms with Crippen molar-refractivity contribution in [3.63, 3.8) is 0 Å². The third-order valence-electron chi connectivity index (χ3n) is 4.28. The van der Waals surface area contributed by atoms with E-state index < -0.39 is 12.0 Å². The molecule has 3 aromatic rings. The quantitative estimate of drug-likeness (QED) is 0.437. The number of esters is 1. The third-order valence-corrected chi connectivity index (χ3v) is 5.86. The second-order valence-electron chi connectivity index (χ2n) is 6.62. The Bertz CT molecular complexity index is 964. The predicted octanol–water partition coefficient (Wildman–Crippen LogP) is 4.17. The molecular formula is C23H24N2O4S2. The number of ether oxygens (including phenoxy) is 2. The highest BCUT2D eigenvalue weighted by Crippen LogP contribution is 2.23. The van der Waals surface area contributed by atoms with Crippen molar-refractivity contribution in [2.45, 2.75) is 19.1 Å². The molecule has 0 aliphatic rings. The minimum atomic E-state index is -0.730. The Balaban J connectivity index is 1.52. The zero-order valence-corrected chi connectivity index (χ0v) is 18.8. The summed E-state index contributed by atoms with van der Waals surface area (Å²) in [5, 5.41) is 5.47. The van der Waals surface area contributed by atoms with Crippen molar-refractivity contribution >= 4 is 35.0 Å². The lowest BCUT2D eigenvalue weighted by Gasteiger charge is -2.17. The van der Waals surface area contributed by atoms with Gasteiger partial charge in [-0.3, -0.25) is 4.79 Å². The molecule has 0 saturated carbocycles. The van der Waals surface area contributed by atoms with Crippen LogP contribution in [0.5, 0.6) is 5.75 Å². The lowest BCUT2D eigenvalue weighted by molar-refractivity contribution is -0.149. The number of aromatic nitrogens is 1. The molecule has 1 aromatic heterocycles. The van der Waals surface area contributed by atoms with Gasteiger partial charge in [0.25, 0.3) is 5.91 Å². The first-order valence-electron chi connectivity index (χ1n) is 9.78. The van der Waals surface area contributed by atoms with Gasteiger partial charge in [-0.05, 0) is 30.6 Å². The van der Waals surface area contributed by atoms with Gasteiger partial charge in [-0.1, -0.05) is 48.5 Å². The van der Waals surface area contributed by atoms with Crippen molar-refractivity contribution in [2.75, 3.05) is 18.6 Å². The maximum atomic E-state index is 12.6. The van der Waals surface area contributed by atoms with Crippen molar-refractivity contribution in [1.82, 2.24) is 10.3 Å². The van der Waals surface area contributed by atoms with Crippen LogP contribution in [0.1, 0.15) is 12.1 Å². The van der Waals surface area contributed by atoms with Gasteiger partial charge < -0.3 is 14.8 Å². The Hall–Kier alpha value is -2.84.